The Labute approximate surface area is 185 Å². The second-order valence-corrected chi connectivity index (χ2v) is 10.4. The molecule has 0 bridgehead atoms. The minimum atomic E-state index is -3.87. The normalized spacial score (nSPS) is 12.6. The molecule has 8 heteroatoms. The van der Waals surface area contributed by atoms with Gasteiger partial charge in [-0.2, -0.15) is 0 Å². The highest BCUT2D eigenvalue weighted by molar-refractivity contribution is 7.92. The second-order valence-electron chi connectivity index (χ2n) is 7.55. The number of rotatable bonds is 4. The highest BCUT2D eigenvalue weighted by atomic mass is 32.2. The fraction of sp³-hybridized carbons (Fsp3) is 0.217. The molecule has 31 heavy (non-hydrogen) atoms. The van der Waals surface area contributed by atoms with E-state index >= 15 is 0 Å². The van der Waals surface area contributed by atoms with Crippen molar-refractivity contribution in [3.05, 3.63) is 70.6 Å². The van der Waals surface area contributed by atoms with Gasteiger partial charge in [-0.05, 0) is 59.9 Å². The van der Waals surface area contributed by atoms with E-state index in [1.165, 1.54) is 40.9 Å². The molecule has 0 fully saturated rings. The topological polar surface area (TPSA) is 74.8 Å². The summed E-state index contributed by atoms with van der Waals surface area (Å²) in [5.41, 5.74) is 4.26. The summed E-state index contributed by atoms with van der Waals surface area (Å²) in [6, 6.07) is 16.2. The number of benzene rings is 2. The molecule has 0 saturated heterocycles. The molecule has 1 heterocycles. The molecule has 0 unspecified atom stereocenters. The summed E-state index contributed by atoms with van der Waals surface area (Å²) in [7, 11) is -2.24. The Hall–Kier alpha value is -2.97. The quantitative estimate of drug-likeness (QED) is 0.595. The number of nitrogens with zero attached hydrogens (tertiary/aromatic N) is 2. The third-order valence-electron chi connectivity index (χ3n) is 5.41. The molecule has 1 aliphatic rings. The molecule has 3 aromatic rings. The van der Waals surface area contributed by atoms with E-state index in [2.05, 4.69) is 6.07 Å². The first-order chi connectivity index (χ1) is 14.7. The van der Waals surface area contributed by atoms with Gasteiger partial charge in [-0.15, -0.1) is 11.3 Å². The van der Waals surface area contributed by atoms with Crippen molar-refractivity contribution in [3.63, 3.8) is 0 Å². The van der Waals surface area contributed by atoms with Crippen LogP contribution in [-0.2, 0) is 27.7 Å². The molecule has 1 aromatic heterocycles. The highest BCUT2D eigenvalue weighted by Crippen LogP contribution is 2.40. The predicted octanol–water partition coefficient (Wildman–Crippen LogP) is 4.10. The van der Waals surface area contributed by atoms with Crippen molar-refractivity contribution in [2.75, 3.05) is 22.5 Å². The van der Waals surface area contributed by atoms with E-state index < -0.39 is 15.9 Å². The molecule has 160 valence electrons. The average Bonchev–Trinajstić information content (AvgIpc) is 3.18. The van der Waals surface area contributed by atoms with Crippen LogP contribution in [0.4, 0.5) is 11.4 Å². The van der Waals surface area contributed by atoms with E-state index in [4.69, 9.17) is 0 Å². The van der Waals surface area contributed by atoms with Crippen molar-refractivity contribution < 1.29 is 18.0 Å². The van der Waals surface area contributed by atoms with Gasteiger partial charge in [-0.25, -0.2) is 12.7 Å². The molecule has 1 aliphatic carbocycles. The summed E-state index contributed by atoms with van der Waals surface area (Å²) in [5.74, 6) is -0.722. The van der Waals surface area contributed by atoms with E-state index in [-0.39, 0.29) is 11.6 Å². The van der Waals surface area contributed by atoms with Crippen LogP contribution in [0.2, 0.25) is 0 Å². The number of fused-ring (bicyclic) bond motifs is 3. The first-order valence-electron chi connectivity index (χ1n) is 9.77. The molecule has 4 rings (SSSR count). The molecular formula is C23H22N2O4S2. The van der Waals surface area contributed by atoms with Gasteiger partial charge in [-0.1, -0.05) is 24.3 Å². The molecular weight excluding hydrogens is 432 g/mol. The van der Waals surface area contributed by atoms with E-state index in [1.807, 2.05) is 24.3 Å². The fourth-order valence-corrected chi connectivity index (χ4v) is 5.89. The van der Waals surface area contributed by atoms with Crippen LogP contribution in [-0.4, -0.2) is 33.5 Å². The minimum Gasteiger partial charge on any atom is -0.316 e. The Bertz CT molecular complexity index is 1280. The Morgan fingerprint density at radius 3 is 2.19 bits per heavy atom. The molecule has 2 aromatic carbocycles. The molecule has 0 atom stereocenters. The fourth-order valence-electron chi connectivity index (χ4n) is 3.73. The SMILES string of the molecule is CC(=O)N(C)c1ccc(N(C(=O)c2cc3c(s2)-c2ccccc2CC3)S(C)(=O)=O)cc1. The maximum absolute atomic E-state index is 13.3. The Balaban J connectivity index is 1.72. The Kier molecular flexibility index (Phi) is 5.45. The van der Waals surface area contributed by atoms with Crippen LogP contribution < -0.4 is 9.21 Å². The highest BCUT2D eigenvalue weighted by Gasteiger charge is 2.30. The van der Waals surface area contributed by atoms with Crippen LogP contribution in [0.5, 0.6) is 0 Å². The van der Waals surface area contributed by atoms with Crippen molar-refractivity contribution in [1.29, 1.82) is 0 Å². The monoisotopic (exact) mass is 454 g/mol. The van der Waals surface area contributed by atoms with Gasteiger partial charge in [0.2, 0.25) is 15.9 Å². The largest absolute Gasteiger partial charge is 0.316 e. The number of hydrogen-bond acceptors (Lipinski definition) is 5. The van der Waals surface area contributed by atoms with Gasteiger partial charge in [0.1, 0.15) is 0 Å². The number of thiophene rings is 1. The van der Waals surface area contributed by atoms with Crippen LogP contribution in [0.3, 0.4) is 0 Å². The molecule has 2 amide bonds. The zero-order valence-electron chi connectivity index (χ0n) is 17.5. The first-order valence-corrected chi connectivity index (χ1v) is 12.4. The van der Waals surface area contributed by atoms with E-state index in [1.54, 1.807) is 19.2 Å². The van der Waals surface area contributed by atoms with Gasteiger partial charge in [0.05, 0.1) is 16.8 Å². The lowest BCUT2D eigenvalue weighted by atomic mass is 9.91. The van der Waals surface area contributed by atoms with E-state index in [0.717, 1.165) is 39.4 Å². The van der Waals surface area contributed by atoms with Crippen LogP contribution in [0.15, 0.2) is 54.6 Å². The standard InChI is InChI=1S/C23H22N2O4S2/c1-15(26)24(2)18-10-12-19(13-11-18)25(31(3,28)29)23(27)21-14-17-9-8-16-6-4-5-7-20(16)22(17)30-21/h4-7,10-14H,8-9H2,1-3H3. The summed E-state index contributed by atoms with van der Waals surface area (Å²) < 4.78 is 25.9. The summed E-state index contributed by atoms with van der Waals surface area (Å²) in [4.78, 5) is 27.8. The average molecular weight is 455 g/mol. The van der Waals surface area contributed by atoms with Crippen molar-refractivity contribution in [3.8, 4) is 10.4 Å². The Morgan fingerprint density at radius 1 is 0.935 bits per heavy atom. The van der Waals surface area contributed by atoms with Gasteiger partial charge >= 0.3 is 0 Å². The Morgan fingerprint density at radius 2 is 1.55 bits per heavy atom. The van der Waals surface area contributed by atoms with Crippen molar-refractivity contribution in [2.45, 2.75) is 19.8 Å². The minimum absolute atomic E-state index is 0.145. The maximum Gasteiger partial charge on any atom is 0.282 e. The summed E-state index contributed by atoms with van der Waals surface area (Å²) in [6.45, 7) is 1.44. The number of carbonyl (C=O) groups is 2. The van der Waals surface area contributed by atoms with Crippen molar-refractivity contribution in [2.24, 2.45) is 0 Å². The van der Waals surface area contributed by atoms with Gasteiger partial charge in [0.15, 0.2) is 0 Å². The number of amides is 2. The van der Waals surface area contributed by atoms with Crippen LogP contribution in [0.25, 0.3) is 10.4 Å². The molecule has 0 saturated carbocycles. The van der Waals surface area contributed by atoms with Crippen LogP contribution in [0.1, 0.15) is 27.7 Å². The van der Waals surface area contributed by atoms with Gasteiger partial charge in [0, 0.05) is 24.5 Å². The third-order valence-corrected chi connectivity index (χ3v) is 7.64. The van der Waals surface area contributed by atoms with E-state index in [0.29, 0.717) is 10.6 Å². The molecule has 0 radical (unpaired) electrons. The number of anilines is 2. The molecule has 0 aliphatic heterocycles. The number of sulfonamides is 1. The van der Waals surface area contributed by atoms with Gasteiger partial charge in [-0.3, -0.25) is 9.59 Å². The first kappa shape index (κ1) is 21.3. The molecule has 6 nitrogen and oxygen atoms in total. The lowest BCUT2D eigenvalue weighted by Gasteiger charge is -2.21. The predicted molar refractivity (Wildman–Crippen MR) is 124 cm³/mol. The van der Waals surface area contributed by atoms with E-state index in [9.17, 15) is 18.0 Å². The molecule has 0 N–H and O–H groups in total. The summed E-state index contributed by atoms with van der Waals surface area (Å²) in [5, 5.41) is 0. The van der Waals surface area contributed by atoms with Gasteiger partial charge < -0.3 is 4.90 Å². The lowest BCUT2D eigenvalue weighted by molar-refractivity contribution is -0.116. The number of hydrogen-bond donors (Lipinski definition) is 0. The maximum atomic E-state index is 13.3. The van der Waals surface area contributed by atoms with Crippen LogP contribution in [0, 0.1) is 0 Å². The van der Waals surface area contributed by atoms with Crippen LogP contribution >= 0.6 is 11.3 Å². The summed E-state index contributed by atoms with van der Waals surface area (Å²) in [6.07, 6.45) is 2.73. The number of carbonyl (C=O) groups excluding carboxylic acids is 2. The summed E-state index contributed by atoms with van der Waals surface area (Å²) >= 11 is 1.33. The lowest BCUT2D eigenvalue weighted by Crippen LogP contribution is -2.35. The molecule has 0 spiro atoms. The zero-order chi connectivity index (χ0) is 22.3. The van der Waals surface area contributed by atoms with Crippen molar-refractivity contribution in [1.82, 2.24) is 0 Å². The van der Waals surface area contributed by atoms with Crippen molar-refractivity contribution >= 4 is 44.5 Å². The zero-order valence-corrected chi connectivity index (χ0v) is 19.1. The smallest absolute Gasteiger partial charge is 0.282 e. The number of aryl methyl sites for hydroxylation is 2. The van der Waals surface area contributed by atoms with Gasteiger partial charge in [0.25, 0.3) is 5.91 Å². The third kappa shape index (κ3) is 4.00. The second kappa shape index (κ2) is 7.94.